The minimum Gasteiger partial charge on any atom is -0.320 e. The predicted octanol–water partition coefficient (Wildman–Crippen LogP) is 0.109. The highest BCUT2D eigenvalue weighted by molar-refractivity contribution is 7.89. The van der Waals surface area contributed by atoms with E-state index in [1.165, 1.54) is 0 Å². The lowest BCUT2D eigenvalue weighted by atomic mass is 10.4. The standard InChI is InChI=1S/C9H14FN3O2S/c1-11-3-2-4-13-16(14,15)9-5-8(10)6-12-7-9/h5-7,11,13H,2-4H2,1H3. The predicted molar refractivity (Wildman–Crippen MR) is 57.9 cm³/mol. The third-order valence-corrected chi connectivity index (χ3v) is 3.31. The average Bonchev–Trinajstić information content (AvgIpc) is 2.24. The quantitative estimate of drug-likeness (QED) is 0.700. The van der Waals surface area contributed by atoms with Crippen molar-refractivity contribution in [1.82, 2.24) is 15.0 Å². The van der Waals surface area contributed by atoms with Crippen LogP contribution in [0.3, 0.4) is 0 Å². The van der Waals surface area contributed by atoms with Crippen molar-refractivity contribution in [3.63, 3.8) is 0 Å². The van der Waals surface area contributed by atoms with Gasteiger partial charge in [-0.2, -0.15) is 0 Å². The lowest BCUT2D eigenvalue weighted by molar-refractivity contribution is 0.572. The van der Waals surface area contributed by atoms with Gasteiger partial charge < -0.3 is 5.32 Å². The first-order valence-corrected chi connectivity index (χ1v) is 6.29. The van der Waals surface area contributed by atoms with Crippen LogP contribution in [0.5, 0.6) is 0 Å². The van der Waals surface area contributed by atoms with Crippen LogP contribution in [-0.4, -0.2) is 33.5 Å². The van der Waals surface area contributed by atoms with Gasteiger partial charge in [-0.1, -0.05) is 0 Å². The van der Waals surface area contributed by atoms with E-state index in [2.05, 4.69) is 15.0 Å². The first-order valence-electron chi connectivity index (χ1n) is 4.81. The van der Waals surface area contributed by atoms with Crippen LogP contribution in [0, 0.1) is 5.82 Å². The van der Waals surface area contributed by atoms with E-state index in [9.17, 15) is 12.8 Å². The summed E-state index contributed by atoms with van der Waals surface area (Å²) in [7, 11) is -1.86. The van der Waals surface area contributed by atoms with Crippen LogP contribution in [0.2, 0.25) is 0 Å². The molecule has 0 aliphatic heterocycles. The molecular weight excluding hydrogens is 233 g/mol. The van der Waals surface area contributed by atoms with Gasteiger partial charge >= 0.3 is 0 Å². The Kier molecular flexibility index (Phi) is 4.78. The highest BCUT2D eigenvalue weighted by Gasteiger charge is 2.14. The lowest BCUT2D eigenvalue weighted by Crippen LogP contribution is -2.27. The number of nitrogens with one attached hydrogen (secondary N) is 2. The van der Waals surface area contributed by atoms with Gasteiger partial charge in [0.2, 0.25) is 10.0 Å². The van der Waals surface area contributed by atoms with Gasteiger partial charge in [0.05, 0.1) is 6.20 Å². The summed E-state index contributed by atoms with van der Waals surface area (Å²) in [5.74, 6) is -0.668. The van der Waals surface area contributed by atoms with Gasteiger partial charge in [0.1, 0.15) is 10.7 Å². The highest BCUT2D eigenvalue weighted by Crippen LogP contribution is 2.07. The molecule has 7 heteroatoms. The maximum absolute atomic E-state index is 12.8. The number of hydrogen-bond acceptors (Lipinski definition) is 4. The Labute approximate surface area is 94.1 Å². The van der Waals surface area contributed by atoms with Crippen molar-refractivity contribution in [2.75, 3.05) is 20.1 Å². The molecule has 0 amide bonds. The van der Waals surface area contributed by atoms with Crippen LogP contribution in [0.1, 0.15) is 6.42 Å². The van der Waals surface area contributed by atoms with Crippen LogP contribution >= 0.6 is 0 Å². The summed E-state index contributed by atoms with van der Waals surface area (Å²) in [5, 5.41) is 2.90. The summed E-state index contributed by atoms with van der Waals surface area (Å²) in [5.41, 5.74) is 0. The Bertz CT molecular complexity index is 436. The molecule has 0 unspecified atom stereocenters. The van der Waals surface area contributed by atoms with Gasteiger partial charge in [-0.25, -0.2) is 17.5 Å². The van der Waals surface area contributed by atoms with Crippen molar-refractivity contribution < 1.29 is 12.8 Å². The largest absolute Gasteiger partial charge is 0.320 e. The fraction of sp³-hybridized carbons (Fsp3) is 0.444. The van der Waals surface area contributed by atoms with Crippen LogP contribution in [-0.2, 0) is 10.0 Å². The van der Waals surface area contributed by atoms with Crippen molar-refractivity contribution in [2.24, 2.45) is 0 Å². The number of aromatic nitrogens is 1. The maximum Gasteiger partial charge on any atom is 0.242 e. The summed E-state index contributed by atoms with van der Waals surface area (Å²) >= 11 is 0. The molecule has 5 nitrogen and oxygen atoms in total. The van der Waals surface area contributed by atoms with E-state index in [1.54, 1.807) is 7.05 Å². The smallest absolute Gasteiger partial charge is 0.242 e. The molecule has 1 aromatic heterocycles. The van der Waals surface area contributed by atoms with Crippen molar-refractivity contribution in [3.05, 3.63) is 24.3 Å². The number of pyridine rings is 1. The first kappa shape index (κ1) is 13.0. The number of nitrogens with zero attached hydrogens (tertiary/aromatic N) is 1. The fourth-order valence-electron chi connectivity index (χ4n) is 1.09. The Hall–Kier alpha value is -1.05. The number of hydrogen-bond donors (Lipinski definition) is 2. The SMILES string of the molecule is CNCCCNS(=O)(=O)c1cncc(F)c1. The molecule has 2 N–H and O–H groups in total. The molecule has 1 aromatic rings. The number of rotatable bonds is 6. The minimum atomic E-state index is -3.64. The zero-order valence-electron chi connectivity index (χ0n) is 8.90. The molecule has 0 aliphatic rings. The average molecular weight is 247 g/mol. The summed E-state index contributed by atoms with van der Waals surface area (Å²) in [4.78, 5) is 3.33. The highest BCUT2D eigenvalue weighted by atomic mass is 32.2. The molecule has 0 atom stereocenters. The summed E-state index contributed by atoms with van der Waals surface area (Å²) in [6.45, 7) is 1.02. The molecule has 0 saturated carbocycles. The second-order valence-electron chi connectivity index (χ2n) is 3.19. The summed E-state index contributed by atoms with van der Waals surface area (Å²) in [6, 6.07) is 0.938. The van der Waals surface area contributed by atoms with Crippen LogP contribution < -0.4 is 10.0 Å². The van der Waals surface area contributed by atoms with E-state index in [-0.39, 0.29) is 4.90 Å². The molecule has 16 heavy (non-hydrogen) atoms. The Balaban J connectivity index is 2.64. The number of halogens is 1. The normalized spacial score (nSPS) is 11.6. The molecule has 0 aromatic carbocycles. The van der Waals surface area contributed by atoms with Gasteiger partial charge in [-0.3, -0.25) is 4.98 Å². The van der Waals surface area contributed by atoms with Crippen molar-refractivity contribution in [1.29, 1.82) is 0 Å². The number of sulfonamides is 1. The van der Waals surface area contributed by atoms with Crippen LogP contribution in [0.15, 0.2) is 23.4 Å². The lowest BCUT2D eigenvalue weighted by Gasteiger charge is -2.05. The van der Waals surface area contributed by atoms with E-state index < -0.39 is 15.8 Å². The van der Waals surface area contributed by atoms with Crippen molar-refractivity contribution >= 4 is 10.0 Å². The van der Waals surface area contributed by atoms with E-state index >= 15 is 0 Å². The molecule has 0 spiro atoms. The second-order valence-corrected chi connectivity index (χ2v) is 4.96. The Morgan fingerprint density at radius 3 is 2.75 bits per heavy atom. The third-order valence-electron chi connectivity index (χ3n) is 1.89. The van der Waals surface area contributed by atoms with Crippen LogP contribution in [0.25, 0.3) is 0 Å². The zero-order chi connectivity index (χ0) is 12.0. The van der Waals surface area contributed by atoms with Gasteiger partial charge in [0, 0.05) is 12.7 Å². The minimum absolute atomic E-state index is 0.156. The molecular formula is C9H14FN3O2S. The topological polar surface area (TPSA) is 71.1 Å². The van der Waals surface area contributed by atoms with Crippen molar-refractivity contribution in [2.45, 2.75) is 11.3 Å². The van der Waals surface area contributed by atoms with Crippen molar-refractivity contribution in [3.8, 4) is 0 Å². The molecule has 1 heterocycles. The Morgan fingerprint density at radius 1 is 1.38 bits per heavy atom. The molecule has 1 rings (SSSR count). The van der Waals surface area contributed by atoms with E-state index in [0.717, 1.165) is 18.5 Å². The third kappa shape index (κ3) is 3.84. The van der Waals surface area contributed by atoms with E-state index in [1.807, 2.05) is 0 Å². The molecule has 0 bridgehead atoms. The molecule has 0 saturated heterocycles. The van der Waals surface area contributed by atoms with Gasteiger partial charge in [-0.05, 0) is 26.1 Å². The van der Waals surface area contributed by atoms with Crippen LogP contribution in [0.4, 0.5) is 4.39 Å². The molecule has 0 fully saturated rings. The summed E-state index contributed by atoms with van der Waals surface area (Å²) in [6.07, 6.45) is 2.74. The maximum atomic E-state index is 12.8. The zero-order valence-corrected chi connectivity index (χ0v) is 9.72. The molecule has 90 valence electrons. The molecule has 0 aliphatic carbocycles. The van der Waals surface area contributed by atoms with E-state index in [4.69, 9.17) is 0 Å². The Morgan fingerprint density at radius 2 is 2.12 bits per heavy atom. The summed E-state index contributed by atoms with van der Waals surface area (Å²) < 4.78 is 38.4. The monoisotopic (exact) mass is 247 g/mol. The second kappa shape index (κ2) is 5.88. The first-order chi connectivity index (χ1) is 7.56. The van der Waals surface area contributed by atoms with Gasteiger partial charge in [-0.15, -0.1) is 0 Å². The fourth-order valence-corrected chi connectivity index (χ4v) is 2.14. The van der Waals surface area contributed by atoms with Gasteiger partial charge in [0.15, 0.2) is 0 Å². The molecule has 0 radical (unpaired) electrons. The van der Waals surface area contributed by atoms with Gasteiger partial charge in [0.25, 0.3) is 0 Å². The van der Waals surface area contributed by atoms with E-state index in [0.29, 0.717) is 19.5 Å².